The van der Waals surface area contributed by atoms with Crippen LogP contribution in [-0.2, 0) is 0 Å². The van der Waals surface area contributed by atoms with Crippen LogP contribution in [0.5, 0.6) is 0 Å². The number of carbonyl (C=O) groups excluding carboxylic acids is 1. The van der Waals surface area contributed by atoms with Gasteiger partial charge in [-0.05, 0) is 25.9 Å². The minimum atomic E-state index is -0.679. The number of nitrogens with one attached hydrogen (secondary N) is 2. The van der Waals surface area contributed by atoms with Crippen LogP contribution in [0.2, 0.25) is 16.1 Å². The molecule has 4 aliphatic heterocycles. The topological polar surface area (TPSA) is 77.2 Å². The van der Waals surface area contributed by atoms with Gasteiger partial charge < -0.3 is 4.90 Å². The first kappa shape index (κ1) is 18.4. The molecule has 8 heteroatoms. The van der Waals surface area contributed by atoms with Crippen molar-refractivity contribution < 1.29 is 4.79 Å². The Kier molecular flexibility index (Phi) is 4.83. The fourth-order valence-electron chi connectivity index (χ4n) is 4.98. The van der Waals surface area contributed by atoms with Gasteiger partial charge in [-0.15, -0.1) is 0 Å². The molecule has 2 N–H and O–H groups in total. The molecule has 1 unspecified atom stereocenters. The molecule has 28 heavy (non-hydrogen) atoms. The molecule has 2 bridgehead atoms. The van der Waals surface area contributed by atoms with Crippen LogP contribution in [0.25, 0.3) is 11.0 Å². The molecule has 6 rings (SSSR count). The van der Waals surface area contributed by atoms with E-state index in [0.29, 0.717) is 17.3 Å². The molecule has 0 spiro atoms. The van der Waals surface area contributed by atoms with Crippen LogP contribution in [0, 0.1) is 5.92 Å². The molecule has 1 amide bonds. The molecule has 2 aromatic rings. The third-order valence-electron chi connectivity index (χ3n) is 6.81. The maximum atomic E-state index is 12.9. The first-order valence-electron chi connectivity index (χ1n) is 10.4. The Balaban J connectivity index is 1.32. The number of carbonyl (C=O) groups is 1. The van der Waals surface area contributed by atoms with Crippen molar-refractivity contribution in [1.29, 1.82) is 0 Å². The molecule has 4 saturated heterocycles. The molecule has 150 valence electrons. The summed E-state index contributed by atoms with van der Waals surface area (Å²) < 4.78 is 0.870. The van der Waals surface area contributed by atoms with Crippen LogP contribution in [0.3, 0.4) is 0 Å². The zero-order chi connectivity index (χ0) is 19.3. The number of aromatic nitrogens is 3. The van der Waals surface area contributed by atoms with E-state index in [0.717, 1.165) is 35.5 Å². The zero-order valence-electron chi connectivity index (χ0n) is 16.7. The number of amides is 1. The normalized spacial score (nSPS) is 29.8. The van der Waals surface area contributed by atoms with Crippen molar-refractivity contribution in [2.45, 2.75) is 41.4 Å². The first-order valence-corrected chi connectivity index (χ1v) is 15.2. The molecular formula is C20H29AsN6O. The van der Waals surface area contributed by atoms with Crippen LogP contribution in [0.15, 0.2) is 12.1 Å². The summed E-state index contributed by atoms with van der Waals surface area (Å²) in [6.45, 7) is 5.51. The molecule has 0 saturated carbocycles. The van der Waals surface area contributed by atoms with Gasteiger partial charge in [-0.25, -0.2) is 0 Å². The Bertz CT molecular complexity index is 875. The van der Waals surface area contributed by atoms with Gasteiger partial charge in [-0.2, -0.15) is 0 Å². The minimum absolute atomic E-state index is 0.0769. The van der Waals surface area contributed by atoms with Crippen LogP contribution in [0.1, 0.15) is 29.8 Å². The number of anilines is 1. The van der Waals surface area contributed by atoms with E-state index in [2.05, 4.69) is 36.7 Å². The van der Waals surface area contributed by atoms with Crippen LogP contribution in [-0.4, -0.2) is 79.4 Å². The van der Waals surface area contributed by atoms with Crippen LogP contribution < -0.4 is 10.2 Å². The third-order valence-corrected chi connectivity index (χ3v) is 10.8. The van der Waals surface area contributed by atoms with Gasteiger partial charge in [-0.1, -0.05) is 0 Å². The zero-order valence-corrected chi connectivity index (χ0v) is 18.6. The second kappa shape index (κ2) is 7.34. The standard InChI is InChI=1S/C20H29AsN6O/c1-21(2)14-7-10-27(11-14)17-4-3-15-18(24-25-19(15)23-17)20(28)22-16-12-26-8-5-13(16)6-9-26/h3-4,13-14,16H,5-12H2,1-2H3,(H,22,28)(H,23,24,25)/t14?,16-/m1/s1. The summed E-state index contributed by atoms with van der Waals surface area (Å²) in [5.41, 5.74) is 6.06. The SMILES string of the molecule is C[As](C)C1CCN(c2ccc3c(C(=O)N[C@@H]4CN5CCC4CC5)n[nH]c3n2)C1. The Morgan fingerprint density at radius 1 is 1.18 bits per heavy atom. The summed E-state index contributed by atoms with van der Waals surface area (Å²) in [7, 11) is 0. The van der Waals surface area contributed by atoms with Crippen molar-refractivity contribution in [3.05, 3.63) is 17.8 Å². The van der Waals surface area contributed by atoms with Crippen molar-refractivity contribution in [3.63, 3.8) is 0 Å². The Morgan fingerprint density at radius 3 is 2.68 bits per heavy atom. The molecule has 2 aromatic heterocycles. The summed E-state index contributed by atoms with van der Waals surface area (Å²) in [6, 6.07) is 4.30. The predicted octanol–water partition coefficient (Wildman–Crippen LogP) is 2.12. The molecule has 4 aliphatic rings. The number of nitrogens with zero attached hydrogens (tertiary/aromatic N) is 4. The number of pyridine rings is 1. The third kappa shape index (κ3) is 3.33. The van der Waals surface area contributed by atoms with E-state index in [9.17, 15) is 4.79 Å². The molecule has 4 fully saturated rings. The fraction of sp³-hybridized carbons (Fsp3) is 0.650. The number of aromatic amines is 1. The van der Waals surface area contributed by atoms with E-state index in [-0.39, 0.29) is 11.9 Å². The van der Waals surface area contributed by atoms with Gasteiger partial charge in [0.05, 0.1) is 0 Å². The molecule has 2 atom stereocenters. The van der Waals surface area contributed by atoms with Crippen LogP contribution in [0.4, 0.5) is 5.82 Å². The van der Waals surface area contributed by atoms with Gasteiger partial charge in [0, 0.05) is 0 Å². The van der Waals surface area contributed by atoms with Crippen molar-refractivity contribution in [2.24, 2.45) is 5.92 Å². The fourth-order valence-corrected chi connectivity index (χ4v) is 7.40. The Labute approximate surface area is 170 Å². The molecule has 0 radical (unpaired) electrons. The molecule has 6 heterocycles. The van der Waals surface area contributed by atoms with Gasteiger partial charge in [0.2, 0.25) is 0 Å². The first-order chi connectivity index (χ1) is 13.6. The second-order valence-corrected chi connectivity index (χ2v) is 14.3. The van der Waals surface area contributed by atoms with E-state index < -0.39 is 14.7 Å². The van der Waals surface area contributed by atoms with Gasteiger partial charge in [0.15, 0.2) is 0 Å². The average Bonchev–Trinajstić information content (AvgIpc) is 3.36. The Hall–Kier alpha value is -1.59. The molecule has 0 aliphatic carbocycles. The van der Waals surface area contributed by atoms with Crippen LogP contribution >= 0.6 is 0 Å². The monoisotopic (exact) mass is 444 g/mol. The molecule has 7 nitrogen and oxygen atoms in total. The average molecular weight is 444 g/mol. The number of H-pyrrole nitrogens is 1. The van der Waals surface area contributed by atoms with E-state index in [1.165, 1.54) is 32.4 Å². The number of fused-ring (bicyclic) bond motifs is 4. The Morgan fingerprint density at radius 2 is 2.00 bits per heavy atom. The predicted molar refractivity (Wildman–Crippen MR) is 112 cm³/mol. The summed E-state index contributed by atoms with van der Waals surface area (Å²) in [5.74, 6) is 1.53. The van der Waals surface area contributed by atoms with Gasteiger partial charge >= 0.3 is 140 Å². The number of hydrogen-bond acceptors (Lipinski definition) is 5. The number of piperidine rings is 3. The van der Waals surface area contributed by atoms with Crippen molar-refractivity contribution in [2.75, 3.05) is 37.6 Å². The summed E-state index contributed by atoms with van der Waals surface area (Å²) in [6.07, 6.45) is 3.66. The quantitative estimate of drug-likeness (QED) is 0.707. The van der Waals surface area contributed by atoms with Crippen molar-refractivity contribution in [3.8, 4) is 0 Å². The van der Waals surface area contributed by atoms with E-state index in [4.69, 9.17) is 4.98 Å². The molecular weight excluding hydrogens is 415 g/mol. The maximum absolute atomic E-state index is 12.9. The van der Waals surface area contributed by atoms with Crippen molar-refractivity contribution >= 4 is 37.4 Å². The van der Waals surface area contributed by atoms with E-state index >= 15 is 0 Å². The summed E-state index contributed by atoms with van der Waals surface area (Å²) in [4.78, 5) is 22.5. The van der Waals surface area contributed by atoms with Gasteiger partial charge in [-0.3, -0.25) is 0 Å². The summed E-state index contributed by atoms with van der Waals surface area (Å²) >= 11 is -0.679. The van der Waals surface area contributed by atoms with Crippen molar-refractivity contribution in [1.82, 2.24) is 25.4 Å². The number of hydrogen-bond donors (Lipinski definition) is 2. The summed E-state index contributed by atoms with van der Waals surface area (Å²) in [5, 5.41) is 11.4. The second-order valence-electron chi connectivity index (χ2n) is 8.71. The van der Waals surface area contributed by atoms with Gasteiger partial charge in [0.1, 0.15) is 0 Å². The van der Waals surface area contributed by atoms with E-state index in [1.54, 1.807) is 0 Å². The van der Waals surface area contributed by atoms with E-state index in [1.807, 2.05) is 12.1 Å². The molecule has 0 aromatic carbocycles. The van der Waals surface area contributed by atoms with Gasteiger partial charge in [0.25, 0.3) is 0 Å². The number of rotatable bonds is 4.